The van der Waals surface area contributed by atoms with Crippen molar-refractivity contribution >= 4 is 5.91 Å². The number of phenolic OH excluding ortho intramolecular Hbond substituents is 1. The second kappa shape index (κ2) is 6.48. The molecule has 2 atom stereocenters. The molecule has 1 saturated heterocycles. The van der Waals surface area contributed by atoms with Crippen LogP contribution in [0.5, 0.6) is 5.75 Å². The van der Waals surface area contributed by atoms with Gasteiger partial charge in [-0.1, -0.05) is 31.5 Å². The Morgan fingerprint density at radius 3 is 2.76 bits per heavy atom. The van der Waals surface area contributed by atoms with Crippen molar-refractivity contribution in [2.75, 3.05) is 13.6 Å². The van der Waals surface area contributed by atoms with Crippen LogP contribution in [0.25, 0.3) is 0 Å². The van der Waals surface area contributed by atoms with Crippen LogP contribution in [0.3, 0.4) is 0 Å². The molecule has 1 aromatic rings. The summed E-state index contributed by atoms with van der Waals surface area (Å²) in [5.74, 6) is 0.381. The molecule has 1 fully saturated rings. The van der Waals surface area contributed by atoms with Gasteiger partial charge in [0, 0.05) is 12.6 Å². The van der Waals surface area contributed by atoms with Gasteiger partial charge in [-0.2, -0.15) is 0 Å². The summed E-state index contributed by atoms with van der Waals surface area (Å²) in [5, 5.41) is 13.4. The van der Waals surface area contributed by atoms with E-state index in [1.54, 1.807) is 17.0 Å². The van der Waals surface area contributed by atoms with Gasteiger partial charge in [0.1, 0.15) is 5.75 Å². The van der Waals surface area contributed by atoms with Crippen LogP contribution in [0.1, 0.15) is 51.1 Å². The average molecular weight is 290 g/mol. The molecule has 1 aliphatic heterocycles. The molecule has 4 heteroatoms. The number of hydrogen-bond acceptors (Lipinski definition) is 3. The number of benzene rings is 1. The van der Waals surface area contributed by atoms with E-state index in [9.17, 15) is 9.90 Å². The largest absolute Gasteiger partial charge is 0.508 e. The van der Waals surface area contributed by atoms with E-state index in [1.165, 1.54) is 0 Å². The zero-order chi connectivity index (χ0) is 15.5. The molecular weight excluding hydrogens is 264 g/mol. The van der Waals surface area contributed by atoms with E-state index in [2.05, 4.69) is 12.2 Å². The van der Waals surface area contributed by atoms with Crippen LogP contribution in [-0.4, -0.2) is 35.0 Å². The maximum atomic E-state index is 13.0. The molecule has 0 aliphatic carbocycles. The quantitative estimate of drug-likeness (QED) is 0.876. The third kappa shape index (κ3) is 3.05. The smallest absolute Gasteiger partial charge is 0.243 e. The first-order chi connectivity index (χ1) is 10.0. The summed E-state index contributed by atoms with van der Waals surface area (Å²) in [6.45, 7) is 4.98. The number of aromatic hydroxyl groups is 1. The summed E-state index contributed by atoms with van der Waals surface area (Å²) < 4.78 is 0. The molecule has 4 nitrogen and oxygen atoms in total. The fourth-order valence-corrected chi connectivity index (χ4v) is 3.30. The van der Waals surface area contributed by atoms with Gasteiger partial charge in [0.05, 0.1) is 11.6 Å². The van der Waals surface area contributed by atoms with E-state index in [0.29, 0.717) is 0 Å². The predicted octanol–water partition coefficient (Wildman–Crippen LogP) is 2.83. The minimum atomic E-state index is -0.415. The van der Waals surface area contributed by atoms with Crippen LogP contribution >= 0.6 is 0 Å². The Morgan fingerprint density at radius 2 is 2.19 bits per heavy atom. The maximum Gasteiger partial charge on any atom is 0.243 e. The van der Waals surface area contributed by atoms with Gasteiger partial charge in [-0.15, -0.1) is 0 Å². The lowest BCUT2D eigenvalue weighted by atomic mass is 9.89. The Balaban J connectivity index is 2.20. The first-order valence-electron chi connectivity index (χ1n) is 7.82. The zero-order valence-corrected chi connectivity index (χ0v) is 13.2. The lowest BCUT2D eigenvalue weighted by Crippen LogP contribution is -2.54. The summed E-state index contributed by atoms with van der Waals surface area (Å²) in [6, 6.07) is 7.08. The van der Waals surface area contributed by atoms with Crippen LogP contribution in [0.2, 0.25) is 0 Å². The Hall–Kier alpha value is -1.55. The van der Waals surface area contributed by atoms with E-state index in [0.717, 1.165) is 37.8 Å². The Labute approximate surface area is 127 Å². The van der Waals surface area contributed by atoms with Gasteiger partial charge in [0.2, 0.25) is 5.91 Å². The molecule has 1 heterocycles. The number of carbonyl (C=O) groups excluding carboxylic acids is 1. The number of rotatable bonds is 5. The third-order valence-electron chi connectivity index (χ3n) is 4.62. The Bertz CT molecular complexity index is 495. The van der Waals surface area contributed by atoms with Crippen LogP contribution in [0, 0.1) is 0 Å². The maximum absolute atomic E-state index is 13.0. The normalized spacial score (nSPS) is 23.0. The molecule has 1 aromatic carbocycles. The van der Waals surface area contributed by atoms with Gasteiger partial charge >= 0.3 is 0 Å². The molecule has 0 radical (unpaired) electrons. The number of nitrogens with zero attached hydrogens (tertiary/aromatic N) is 1. The highest BCUT2D eigenvalue weighted by molar-refractivity contribution is 5.87. The second-order valence-electron chi connectivity index (χ2n) is 6.01. The minimum Gasteiger partial charge on any atom is -0.508 e. The van der Waals surface area contributed by atoms with Crippen LogP contribution in [0.4, 0.5) is 0 Å². The van der Waals surface area contributed by atoms with E-state index in [-0.39, 0.29) is 17.7 Å². The topological polar surface area (TPSA) is 52.6 Å². The third-order valence-corrected chi connectivity index (χ3v) is 4.62. The van der Waals surface area contributed by atoms with Crippen molar-refractivity contribution in [1.29, 1.82) is 0 Å². The molecule has 2 rings (SSSR count). The average Bonchev–Trinajstić information content (AvgIpc) is 2.95. The van der Waals surface area contributed by atoms with E-state index in [1.807, 2.05) is 26.1 Å². The lowest BCUT2D eigenvalue weighted by Gasteiger charge is -2.36. The van der Waals surface area contributed by atoms with Gasteiger partial charge in [-0.3, -0.25) is 4.79 Å². The number of hydrogen-bond donors (Lipinski definition) is 2. The summed E-state index contributed by atoms with van der Waals surface area (Å²) in [5.41, 5.74) is 0.375. The van der Waals surface area contributed by atoms with Crippen molar-refractivity contribution in [3.63, 3.8) is 0 Å². The van der Waals surface area contributed by atoms with Gasteiger partial charge in [0.15, 0.2) is 0 Å². The van der Waals surface area contributed by atoms with E-state index < -0.39 is 5.54 Å². The number of phenols is 1. The highest BCUT2D eigenvalue weighted by Crippen LogP contribution is 2.32. The van der Waals surface area contributed by atoms with Crippen LogP contribution < -0.4 is 5.32 Å². The number of amides is 1. The molecule has 0 bridgehead atoms. The van der Waals surface area contributed by atoms with Gasteiger partial charge in [0.25, 0.3) is 0 Å². The SMILES string of the molecule is CCCC1(C(=O)N(C)C(C)c2ccccc2O)CCCN1. The first kappa shape index (κ1) is 15.8. The van der Waals surface area contributed by atoms with Crippen molar-refractivity contribution < 1.29 is 9.90 Å². The van der Waals surface area contributed by atoms with Gasteiger partial charge in [-0.25, -0.2) is 0 Å². The standard InChI is InChI=1S/C17H26N2O2/c1-4-10-17(11-7-12-18-17)16(21)19(3)13(2)14-8-5-6-9-15(14)20/h5-6,8-9,13,18,20H,4,7,10-12H2,1-3H3. The summed E-state index contributed by atoms with van der Waals surface area (Å²) in [6.07, 6.45) is 3.79. The first-order valence-corrected chi connectivity index (χ1v) is 7.82. The Kier molecular flexibility index (Phi) is 4.88. The lowest BCUT2D eigenvalue weighted by molar-refractivity contribution is -0.138. The van der Waals surface area contributed by atoms with E-state index in [4.69, 9.17) is 0 Å². The fourth-order valence-electron chi connectivity index (χ4n) is 3.30. The molecule has 1 amide bonds. The highest BCUT2D eigenvalue weighted by Gasteiger charge is 2.42. The molecular formula is C17H26N2O2. The van der Waals surface area contributed by atoms with E-state index >= 15 is 0 Å². The molecule has 116 valence electrons. The molecule has 0 aromatic heterocycles. The molecule has 2 N–H and O–H groups in total. The van der Waals surface area contributed by atoms with Crippen molar-refractivity contribution in [3.8, 4) is 5.75 Å². The summed E-state index contributed by atoms with van der Waals surface area (Å²) in [4.78, 5) is 14.7. The number of nitrogens with one attached hydrogen (secondary N) is 1. The van der Waals surface area contributed by atoms with Crippen LogP contribution in [0.15, 0.2) is 24.3 Å². The minimum absolute atomic E-state index is 0.137. The molecule has 1 aliphatic rings. The molecule has 21 heavy (non-hydrogen) atoms. The summed E-state index contributed by atoms with van der Waals surface area (Å²) >= 11 is 0. The van der Waals surface area contributed by atoms with Gasteiger partial charge < -0.3 is 15.3 Å². The summed E-state index contributed by atoms with van der Waals surface area (Å²) in [7, 11) is 1.83. The molecule has 2 unspecified atom stereocenters. The fraction of sp³-hybridized carbons (Fsp3) is 0.588. The van der Waals surface area contributed by atoms with Crippen molar-refractivity contribution in [2.45, 2.75) is 51.1 Å². The van der Waals surface area contributed by atoms with Crippen molar-refractivity contribution in [1.82, 2.24) is 10.2 Å². The highest BCUT2D eigenvalue weighted by atomic mass is 16.3. The number of carbonyl (C=O) groups is 1. The number of para-hydroxylation sites is 1. The Morgan fingerprint density at radius 1 is 1.48 bits per heavy atom. The predicted molar refractivity (Wildman–Crippen MR) is 84.2 cm³/mol. The number of likely N-dealkylation sites (N-methyl/N-ethyl adjacent to an activating group) is 1. The van der Waals surface area contributed by atoms with Crippen molar-refractivity contribution in [3.05, 3.63) is 29.8 Å². The molecule has 0 saturated carbocycles. The van der Waals surface area contributed by atoms with Crippen LogP contribution in [-0.2, 0) is 4.79 Å². The van der Waals surface area contributed by atoms with Crippen molar-refractivity contribution in [2.24, 2.45) is 0 Å². The molecule has 0 spiro atoms. The second-order valence-corrected chi connectivity index (χ2v) is 6.01. The van der Waals surface area contributed by atoms with Gasteiger partial charge in [-0.05, 0) is 38.8 Å². The monoisotopic (exact) mass is 290 g/mol. The zero-order valence-electron chi connectivity index (χ0n) is 13.2.